The van der Waals surface area contributed by atoms with Crippen LogP contribution in [0.2, 0.25) is 0 Å². The molecule has 1 aliphatic carbocycles. The van der Waals surface area contributed by atoms with Gasteiger partial charge in [-0.15, -0.1) is 0 Å². The fraction of sp³-hybridized carbons (Fsp3) is 0.944. The Hall–Kier alpha value is -0.570. The minimum Gasteiger partial charge on any atom is -0.481 e. The van der Waals surface area contributed by atoms with Crippen molar-refractivity contribution in [2.24, 2.45) is 23.2 Å². The molecule has 1 saturated heterocycles. The molecule has 2 aliphatic rings. The van der Waals surface area contributed by atoms with E-state index in [-0.39, 0.29) is 0 Å². The van der Waals surface area contributed by atoms with Gasteiger partial charge in [-0.1, -0.05) is 34.1 Å². The highest BCUT2D eigenvalue weighted by atomic mass is 16.4. The van der Waals surface area contributed by atoms with Crippen LogP contribution in [0.25, 0.3) is 0 Å². The standard InChI is InChI=1S/C18H33NO2/c1-5-18(17(20)21)9-6-10-19(12-18)16-11-14(4)7-8-15(16)13(2)3/h13-16H,5-12H2,1-4H3,(H,20,21). The van der Waals surface area contributed by atoms with Crippen molar-refractivity contribution in [3.8, 4) is 0 Å². The maximum Gasteiger partial charge on any atom is 0.310 e. The van der Waals surface area contributed by atoms with E-state index in [1.807, 2.05) is 6.92 Å². The van der Waals surface area contributed by atoms with Crippen LogP contribution in [0.15, 0.2) is 0 Å². The number of piperidine rings is 1. The molecule has 2 fully saturated rings. The fourth-order valence-corrected chi connectivity index (χ4v) is 4.64. The number of carboxylic acids is 1. The highest BCUT2D eigenvalue weighted by molar-refractivity contribution is 5.75. The molecule has 2 rings (SSSR count). The number of aliphatic carboxylic acids is 1. The van der Waals surface area contributed by atoms with Gasteiger partial charge in [0.15, 0.2) is 0 Å². The van der Waals surface area contributed by atoms with Gasteiger partial charge in [-0.2, -0.15) is 0 Å². The Morgan fingerprint density at radius 2 is 2.10 bits per heavy atom. The zero-order valence-corrected chi connectivity index (χ0v) is 14.3. The van der Waals surface area contributed by atoms with Crippen LogP contribution in [0.5, 0.6) is 0 Å². The summed E-state index contributed by atoms with van der Waals surface area (Å²) in [5.74, 6) is 1.64. The van der Waals surface area contributed by atoms with Gasteiger partial charge in [0.25, 0.3) is 0 Å². The first-order valence-electron chi connectivity index (χ1n) is 8.87. The molecule has 4 unspecified atom stereocenters. The summed E-state index contributed by atoms with van der Waals surface area (Å²) >= 11 is 0. The van der Waals surface area contributed by atoms with Gasteiger partial charge in [-0.3, -0.25) is 9.69 Å². The van der Waals surface area contributed by atoms with Crippen LogP contribution >= 0.6 is 0 Å². The molecule has 1 N–H and O–H groups in total. The predicted octanol–water partition coefficient (Wildman–Crippen LogP) is 4.02. The van der Waals surface area contributed by atoms with E-state index in [9.17, 15) is 9.90 Å². The number of hydrogen-bond donors (Lipinski definition) is 1. The highest BCUT2D eigenvalue weighted by Gasteiger charge is 2.44. The minimum atomic E-state index is -0.584. The van der Waals surface area contributed by atoms with E-state index in [0.29, 0.717) is 12.0 Å². The summed E-state index contributed by atoms with van der Waals surface area (Å²) in [5.41, 5.74) is -0.500. The zero-order chi connectivity index (χ0) is 15.6. The Balaban J connectivity index is 2.16. The minimum absolute atomic E-state index is 0.500. The lowest BCUT2D eigenvalue weighted by molar-refractivity contribution is -0.154. The number of carboxylic acid groups (broad SMARTS) is 1. The van der Waals surface area contributed by atoms with E-state index in [1.165, 1.54) is 19.3 Å². The van der Waals surface area contributed by atoms with Gasteiger partial charge in [0.05, 0.1) is 5.41 Å². The largest absolute Gasteiger partial charge is 0.481 e. The Morgan fingerprint density at radius 3 is 2.67 bits per heavy atom. The van der Waals surface area contributed by atoms with E-state index in [2.05, 4.69) is 25.7 Å². The number of rotatable bonds is 4. The summed E-state index contributed by atoms with van der Waals surface area (Å²) in [6, 6.07) is 0.597. The molecule has 21 heavy (non-hydrogen) atoms. The van der Waals surface area contributed by atoms with Crippen LogP contribution in [-0.2, 0) is 4.79 Å². The quantitative estimate of drug-likeness (QED) is 0.851. The second-order valence-electron chi connectivity index (χ2n) is 7.91. The normalized spacial score (nSPS) is 38.6. The van der Waals surface area contributed by atoms with E-state index in [4.69, 9.17) is 0 Å². The van der Waals surface area contributed by atoms with Gasteiger partial charge in [0.2, 0.25) is 0 Å². The average Bonchev–Trinajstić information content (AvgIpc) is 2.46. The smallest absolute Gasteiger partial charge is 0.310 e. The third-order valence-corrected chi connectivity index (χ3v) is 6.19. The molecule has 0 aromatic heterocycles. The van der Waals surface area contributed by atoms with Crippen molar-refractivity contribution in [1.82, 2.24) is 4.90 Å². The first-order valence-corrected chi connectivity index (χ1v) is 8.87. The van der Waals surface area contributed by atoms with Crippen LogP contribution in [0.4, 0.5) is 0 Å². The molecule has 3 nitrogen and oxygen atoms in total. The van der Waals surface area contributed by atoms with Crippen molar-refractivity contribution >= 4 is 5.97 Å². The van der Waals surface area contributed by atoms with Gasteiger partial charge in [0.1, 0.15) is 0 Å². The first-order chi connectivity index (χ1) is 9.89. The third kappa shape index (κ3) is 3.44. The number of hydrogen-bond acceptors (Lipinski definition) is 2. The lowest BCUT2D eigenvalue weighted by Gasteiger charge is -2.49. The second-order valence-corrected chi connectivity index (χ2v) is 7.91. The molecule has 0 spiro atoms. The molecule has 4 atom stereocenters. The monoisotopic (exact) mass is 295 g/mol. The highest BCUT2D eigenvalue weighted by Crippen LogP contribution is 2.41. The Labute approximate surface area is 130 Å². The molecule has 0 aromatic rings. The summed E-state index contributed by atoms with van der Waals surface area (Å²) in [6.07, 6.45) is 6.55. The lowest BCUT2D eigenvalue weighted by atomic mass is 9.71. The summed E-state index contributed by atoms with van der Waals surface area (Å²) < 4.78 is 0. The van der Waals surface area contributed by atoms with Gasteiger partial charge in [-0.25, -0.2) is 0 Å². The summed E-state index contributed by atoms with van der Waals surface area (Å²) in [6.45, 7) is 10.9. The number of carbonyl (C=O) groups is 1. The van der Waals surface area contributed by atoms with Crippen molar-refractivity contribution in [1.29, 1.82) is 0 Å². The van der Waals surface area contributed by atoms with Gasteiger partial charge >= 0.3 is 5.97 Å². The summed E-state index contributed by atoms with van der Waals surface area (Å²) in [5, 5.41) is 9.71. The average molecular weight is 295 g/mol. The Kier molecular flexibility index (Phi) is 5.34. The molecule has 1 heterocycles. The lowest BCUT2D eigenvalue weighted by Crippen LogP contribution is -2.54. The molecular weight excluding hydrogens is 262 g/mol. The van der Waals surface area contributed by atoms with Crippen LogP contribution in [0.3, 0.4) is 0 Å². The molecule has 0 radical (unpaired) electrons. The topological polar surface area (TPSA) is 40.5 Å². The van der Waals surface area contributed by atoms with Crippen LogP contribution in [-0.4, -0.2) is 35.1 Å². The van der Waals surface area contributed by atoms with E-state index in [1.54, 1.807) is 0 Å². The first kappa shape index (κ1) is 16.8. The molecule has 3 heteroatoms. The summed E-state index contributed by atoms with van der Waals surface area (Å²) in [7, 11) is 0. The molecule has 1 saturated carbocycles. The molecule has 122 valence electrons. The van der Waals surface area contributed by atoms with Crippen LogP contribution in [0, 0.1) is 23.2 Å². The molecule has 0 amide bonds. The number of likely N-dealkylation sites (tertiary alicyclic amines) is 1. The fourth-order valence-electron chi connectivity index (χ4n) is 4.64. The maximum atomic E-state index is 11.8. The molecule has 1 aliphatic heterocycles. The third-order valence-electron chi connectivity index (χ3n) is 6.19. The molecular formula is C18H33NO2. The predicted molar refractivity (Wildman–Crippen MR) is 86.3 cm³/mol. The van der Waals surface area contributed by atoms with Gasteiger partial charge in [-0.05, 0) is 56.4 Å². The van der Waals surface area contributed by atoms with E-state index >= 15 is 0 Å². The second kappa shape index (κ2) is 6.68. The maximum absolute atomic E-state index is 11.8. The van der Waals surface area contributed by atoms with Gasteiger partial charge < -0.3 is 5.11 Å². The van der Waals surface area contributed by atoms with Crippen molar-refractivity contribution in [2.75, 3.05) is 13.1 Å². The Bertz CT molecular complexity index is 368. The number of nitrogens with zero attached hydrogens (tertiary/aromatic N) is 1. The van der Waals surface area contributed by atoms with Crippen molar-refractivity contribution in [3.63, 3.8) is 0 Å². The van der Waals surface area contributed by atoms with E-state index < -0.39 is 11.4 Å². The van der Waals surface area contributed by atoms with E-state index in [0.717, 1.165) is 44.2 Å². The zero-order valence-electron chi connectivity index (χ0n) is 14.3. The van der Waals surface area contributed by atoms with Crippen molar-refractivity contribution in [3.05, 3.63) is 0 Å². The summed E-state index contributed by atoms with van der Waals surface area (Å²) in [4.78, 5) is 14.3. The molecule has 0 aromatic carbocycles. The van der Waals surface area contributed by atoms with Crippen LogP contribution in [0.1, 0.15) is 66.2 Å². The van der Waals surface area contributed by atoms with Gasteiger partial charge in [0, 0.05) is 12.6 Å². The van der Waals surface area contributed by atoms with Crippen LogP contribution < -0.4 is 0 Å². The Morgan fingerprint density at radius 1 is 1.38 bits per heavy atom. The van der Waals surface area contributed by atoms with Crippen molar-refractivity contribution in [2.45, 2.75) is 72.3 Å². The molecule has 0 bridgehead atoms. The van der Waals surface area contributed by atoms with Crippen molar-refractivity contribution < 1.29 is 9.90 Å². The SMILES string of the molecule is CCC1(C(=O)O)CCCN(C2CC(C)CCC2C(C)C)C1.